The van der Waals surface area contributed by atoms with Crippen molar-refractivity contribution in [1.82, 2.24) is 0 Å². The van der Waals surface area contributed by atoms with Crippen molar-refractivity contribution in [2.75, 3.05) is 18.0 Å². The van der Waals surface area contributed by atoms with Gasteiger partial charge in [-0.1, -0.05) is 18.2 Å². The van der Waals surface area contributed by atoms with E-state index in [1.54, 1.807) is 6.07 Å². The maximum atomic E-state index is 9.19. The summed E-state index contributed by atoms with van der Waals surface area (Å²) >= 11 is 0. The SMILES string of the molecule is Cl.OB(O)c1ccccc1N1CCCC1. The van der Waals surface area contributed by atoms with Gasteiger partial charge in [0.2, 0.25) is 0 Å². The first kappa shape index (κ1) is 12.4. The van der Waals surface area contributed by atoms with Crippen LogP contribution in [-0.2, 0) is 0 Å². The summed E-state index contributed by atoms with van der Waals surface area (Å²) in [6.07, 6.45) is 2.38. The predicted molar refractivity (Wildman–Crippen MR) is 65.0 cm³/mol. The lowest BCUT2D eigenvalue weighted by atomic mass is 9.79. The first-order chi connectivity index (χ1) is 6.79. The van der Waals surface area contributed by atoms with Gasteiger partial charge < -0.3 is 14.9 Å². The average Bonchev–Trinajstić information content (AvgIpc) is 2.70. The van der Waals surface area contributed by atoms with Crippen molar-refractivity contribution < 1.29 is 10.0 Å². The van der Waals surface area contributed by atoms with Gasteiger partial charge in [-0.25, -0.2) is 0 Å². The van der Waals surface area contributed by atoms with E-state index < -0.39 is 7.12 Å². The van der Waals surface area contributed by atoms with Gasteiger partial charge in [-0.3, -0.25) is 0 Å². The van der Waals surface area contributed by atoms with Crippen LogP contribution in [0.15, 0.2) is 24.3 Å². The van der Waals surface area contributed by atoms with Crippen molar-refractivity contribution >= 4 is 30.7 Å². The van der Waals surface area contributed by atoms with Gasteiger partial charge in [0.15, 0.2) is 0 Å². The van der Waals surface area contributed by atoms with Gasteiger partial charge in [0.25, 0.3) is 0 Å². The van der Waals surface area contributed by atoms with Gasteiger partial charge in [-0.05, 0) is 18.9 Å². The third-order valence-electron chi connectivity index (χ3n) is 2.66. The van der Waals surface area contributed by atoms with E-state index in [1.807, 2.05) is 18.2 Å². The molecule has 0 aromatic heterocycles. The molecule has 0 atom stereocenters. The van der Waals surface area contributed by atoms with Crippen molar-refractivity contribution in [3.8, 4) is 0 Å². The first-order valence-electron chi connectivity index (χ1n) is 4.99. The molecule has 82 valence electrons. The number of rotatable bonds is 2. The Morgan fingerprint density at radius 2 is 1.67 bits per heavy atom. The van der Waals surface area contributed by atoms with E-state index in [9.17, 15) is 10.0 Å². The average molecular weight is 227 g/mol. The maximum Gasteiger partial charge on any atom is 0.490 e. The molecule has 0 amide bonds. The number of benzene rings is 1. The van der Waals surface area contributed by atoms with Crippen LogP contribution in [0.2, 0.25) is 0 Å². The van der Waals surface area contributed by atoms with Crippen LogP contribution in [0.5, 0.6) is 0 Å². The van der Waals surface area contributed by atoms with Crippen LogP contribution in [0, 0.1) is 0 Å². The molecule has 1 heterocycles. The topological polar surface area (TPSA) is 43.7 Å². The normalized spacial score (nSPS) is 14.9. The Kier molecular flexibility index (Phi) is 4.45. The van der Waals surface area contributed by atoms with Gasteiger partial charge in [0.05, 0.1) is 0 Å². The standard InChI is InChI=1S/C10H14BNO2.ClH/c13-11(14)9-5-1-2-6-10(9)12-7-3-4-8-12;/h1-2,5-6,13-14H,3-4,7-8H2;1H. The molecule has 0 unspecified atom stereocenters. The number of halogens is 1. The molecular weight excluding hydrogens is 212 g/mol. The minimum absolute atomic E-state index is 0. The Labute approximate surface area is 96.3 Å². The summed E-state index contributed by atoms with van der Waals surface area (Å²) in [4.78, 5) is 2.20. The Morgan fingerprint density at radius 1 is 1.07 bits per heavy atom. The van der Waals surface area contributed by atoms with E-state index in [0.717, 1.165) is 18.8 Å². The predicted octanol–water partition coefficient (Wildman–Crippen LogP) is 0.388. The Bertz CT molecular complexity index is 316. The summed E-state index contributed by atoms with van der Waals surface area (Å²) in [6.45, 7) is 2.04. The highest BCUT2D eigenvalue weighted by atomic mass is 35.5. The number of nitrogens with zero attached hydrogens (tertiary/aromatic N) is 1. The van der Waals surface area contributed by atoms with E-state index >= 15 is 0 Å². The van der Waals surface area contributed by atoms with Crippen molar-refractivity contribution in [1.29, 1.82) is 0 Å². The molecule has 1 saturated heterocycles. The fourth-order valence-electron chi connectivity index (χ4n) is 1.95. The Hall–Kier alpha value is -0.705. The van der Waals surface area contributed by atoms with Crippen molar-refractivity contribution in [3.63, 3.8) is 0 Å². The summed E-state index contributed by atoms with van der Waals surface area (Å²) in [7, 11) is -1.37. The zero-order valence-corrected chi connectivity index (χ0v) is 9.28. The molecular formula is C10H15BClNO2. The molecule has 0 aliphatic carbocycles. The quantitative estimate of drug-likeness (QED) is 0.719. The summed E-state index contributed by atoms with van der Waals surface area (Å²) < 4.78 is 0. The van der Waals surface area contributed by atoms with E-state index in [2.05, 4.69) is 4.90 Å². The molecule has 1 aliphatic rings. The highest BCUT2D eigenvalue weighted by molar-refractivity contribution is 6.60. The number of para-hydroxylation sites is 1. The van der Waals surface area contributed by atoms with Crippen LogP contribution in [-0.4, -0.2) is 30.3 Å². The van der Waals surface area contributed by atoms with E-state index in [4.69, 9.17) is 0 Å². The second kappa shape index (κ2) is 5.40. The zero-order chi connectivity index (χ0) is 9.97. The lowest BCUT2D eigenvalue weighted by molar-refractivity contribution is 0.426. The van der Waals surface area contributed by atoms with Crippen LogP contribution in [0.1, 0.15) is 12.8 Å². The zero-order valence-electron chi connectivity index (χ0n) is 8.47. The van der Waals surface area contributed by atoms with Gasteiger partial charge in [-0.2, -0.15) is 0 Å². The van der Waals surface area contributed by atoms with Crippen LogP contribution < -0.4 is 10.4 Å². The van der Waals surface area contributed by atoms with Gasteiger partial charge in [0, 0.05) is 24.2 Å². The molecule has 1 aliphatic heterocycles. The third kappa shape index (κ3) is 2.65. The molecule has 5 heteroatoms. The first-order valence-corrected chi connectivity index (χ1v) is 4.99. The van der Waals surface area contributed by atoms with Crippen molar-refractivity contribution in [2.45, 2.75) is 12.8 Å². The minimum Gasteiger partial charge on any atom is -0.423 e. The number of hydrogen-bond acceptors (Lipinski definition) is 3. The molecule has 0 saturated carbocycles. The van der Waals surface area contributed by atoms with Crippen molar-refractivity contribution in [3.05, 3.63) is 24.3 Å². The Balaban J connectivity index is 0.00000112. The third-order valence-corrected chi connectivity index (χ3v) is 2.66. The summed E-state index contributed by atoms with van der Waals surface area (Å²) in [6, 6.07) is 7.46. The van der Waals surface area contributed by atoms with Crippen LogP contribution in [0.25, 0.3) is 0 Å². The van der Waals surface area contributed by atoms with Crippen LogP contribution >= 0.6 is 12.4 Å². The molecule has 2 rings (SSSR count). The van der Waals surface area contributed by atoms with E-state index in [1.165, 1.54) is 12.8 Å². The number of anilines is 1. The van der Waals surface area contributed by atoms with Gasteiger partial charge >= 0.3 is 7.12 Å². The van der Waals surface area contributed by atoms with Gasteiger partial charge in [0.1, 0.15) is 0 Å². The summed E-state index contributed by atoms with van der Waals surface area (Å²) in [5.41, 5.74) is 1.56. The number of hydrogen-bond donors (Lipinski definition) is 2. The molecule has 2 N–H and O–H groups in total. The second-order valence-electron chi connectivity index (χ2n) is 3.63. The minimum atomic E-state index is -1.37. The molecule has 15 heavy (non-hydrogen) atoms. The van der Waals surface area contributed by atoms with E-state index in [0.29, 0.717) is 5.46 Å². The summed E-state index contributed by atoms with van der Waals surface area (Å²) in [5, 5.41) is 18.4. The van der Waals surface area contributed by atoms with Crippen LogP contribution in [0.3, 0.4) is 0 Å². The molecule has 0 spiro atoms. The molecule has 0 bridgehead atoms. The Morgan fingerprint density at radius 3 is 2.27 bits per heavy atom. The van der Waals surface area contributed by atoms with Crippen LogP contribution in [0.4, 0.5) is 5.69 Å². The monoisotopic (exact) mass is 227 g/mol. The van der Waals surface area contributed by atoms with E-state index in [-0.39, 0.29) is 12.4 Å². The lowest BCUT2D eigenvalue weighted by Crippen LogP contribution is -2.36. The smallest absolute Gasteiger partial charge is 0.423 e. The fraction of sp³-hybridized carbons (Fsp3) is 0.400. The fourth-order valence-corrected chi connectivity index (χ4v) is 1.95. The molecule has 3 nitrogen and oxygen atoms in total. The van der Waals surface area contributed by atoms with Crippen molar-refractivity contribution in [2.24, 2.45) is 0 Å². The highest BCUT2D eigenvalue weighted by Gasteiger charge is 2.20. The molecule has 1 fully saturated rings. The second-order valence-corrected chi connectivity index (χ2v) is 3.63. The molecule has 1 aromatic carbocycles. The molecule has 0 radical (unpaired) electrons. The highest BCUT2D eigenvalue weighted by Crippen LogP contribution is 2.17. The van der Waals surface area contributed by atoms with Gasteiger partial charge in [-0.15, -0.1) is 12.4 Å². The molecule has 1 aromatic rings. The largest absolute Gasteiger partial charge is 0.490 e. The lowest BCUT2D eigenvalue weighted by Gasteiger charge is -2.20. The summed E-state index contributed by atoms with van der Waals surface area (Å²) in [5.74, 6) is 0. The maximum absolute atomic E-state index is 9.19.